The smallest absolute Gasteiger partial charge is 0.291 e. The summed E-state index contributed by atoms with van der Waals surface area (Å²) >= 11 is 0. The Morgan fingerprint density at radius 3 is 2.40 bits per heavy atom. The minimum Gasteiger partial charge on any atom is -0.494 e. The van der Waals surface area contributed by atoms with Crippen LogP contribution in [0.1, 0.15) is 27.8 Å². The highest BCUT2D eigenvalue weighted by Crippen LogP contribution is 2.32. The van der Waals surface area contributed by atoms with E-state index in [1.54, 1.807) is 53.7 Å². The first kappa shape index (κ1) is 22.4. The van der Waals surface area contributed by atoms with Gasteiger partial charge in [0.05, 0.1) is 6.61 Å². The van der Waals surface area contributed by atoms with Gasteiger partial charge in [-0.25, -0.2) is 9.97 Å². The van der Waals surface area contributed by atoms with Gasteiger partial charge in [0.2, 0.25) is 11.7 Å². The molecule has 1 aliphatic rings. The maximum absolute atomic E-state index is 13.5. The average Bonchev–Trinajstić information content (AvgIpc) is 3.27. The first-order chi connectivity index (χ1) is 17.1. The van der Waals surface area contributed by atoms with Gasteiger partial charge < -0.3 is 24.3 Å². The Morgan fingerprint density at radius 1 is 0.971 bits per heavy atom. The Morgan fingerprint density at radius 2 is 1.69 bits per heavy atom. The Bertz CT molecular complexity index is 1330. The number of piperazine rings is 1. The van der Waals surface area contributed by atoms with Crippen molar-refractivity contribution in [2.75, 3.05) is 43.0 Å². The molecule has 4 aromatic rings. The molecule has 9 heteroatoms. The van der Waals surface area contributed by atoms with E-state index in [-0.39, 0.29) is 17.6 Å². The molecule has 5 rings (SSSR count). The molecule has 0 atom stereocenters. The molecule has 2 aromatic heterocycles. The highest BCUT2D eigenvalue weighted by molar-refractivity contribution is 6.14. The number of rotatable bonds is 6. The zero-order valence-corrected chi connectivity index (χ0v) is 19.3. The average molecular weight is 472 g/mol. The number of nitrogens with one attached hydrogen (secondary N) is 1. The molecule has 0 bridgehead atoms. The van der Waals surface area contributed by atoms with E-state index in [9.17, 15) is 9.59 Å². The summed E-state index contributed by atoms with van der Waals surface area (Å²) in [5, 5.41) is 3.58. The van der Waals surface area contributed by atoms with E-state index in [1.165, 1.54) is 0 Å². The summed E-state index contributed by atoms with van der Waals surface area (Å²) in [7, 11) is 0. The van der Waals surface area contributed by atoms with E-state index in [1.807, 2.05) is 30.0 Å². The van der Waals surface area contributed by atoms with Gasteiger partial charge in [0.1, 0.15) is 17.0 Å². The van der Waals surface area contributed by atoms with E-state index in [4.69, 9.17) is 9.15 Å². The molecule has 3 heterocycles. The zero-order chi connectivity index (χ0) is 24.2. The highest BCUT2D eigenvalue weighted by Gasteiger charge is 2.29. The second-order valence-corrected chi connectivity index (χ2v) is 8.04. The van der Waals surface area contributed by atoms with Crippen LogP contribution in [0.15, 0.2) is 71.4 Å². The van der Waals surface area contributed by atoms with Gasteiger partial charge in [0.25, 0.3) is 11.8 Å². The predicted octanol–water partition coefficient (Wildman–Crippen LogP) is 3.84. The van der Waals surface area contributed by atoms with Crippen LogP contribution < -0.4 is 15.0 Å². The predicted molar refractivity (Wildman–Crippen MR) is 132 cm³/mol. The molecule has 35 heavy (non-hydrogen) atoms. The van der Waals surface area contributed by atoms with Crippen molar-refractivity contribution < 1.29 is 18.7 Å². The van der Waals surface area contributed by atoms with Crippen LogP contribution in [0.5, 0.6) is 5.75 Å². The molecule has 1 aliphatic heterocycles. The summed E-state index contributed by atoms with van der Waals surface area (Å²) in [6.45, 7) is 4.62. The second kappa shape index (κ2) is 9.84. The fourth-order valence-corrected chi connectivity index (χ4v) is 4.08. The Balaban J connectivity index is 1.37. The van der Waals surface area contributed by atoms with Crippen LogP contribution in [0.25, 0.3) is 11.0 Å². The molecule has 0 unspecified atom stereocenters. The molecule has 1 saturated heterocycles. The van der Waals surface area contributed by atoms with Crippen molar-refractivity contribution in [3.63, 3.8) is 0 Å². The lowest BCUT2D eigenvalue weighted by atomic mass is 10.1. The summed E-state index contributed by atoms with van der Waals surface area (Å²) in [4.78, 5) is 38.9. The number of para-hydroxylation sites is 1. The number of hydrogen-bond acceptors (Lipinski definition) is 7. The number of benzene rings is 2. The zero-order valence-electron chi connectivity index (χ0n) is 19.3. The van der Waals surface area contributed by atoms with Crippen LogP contribution in [0, 0.1) is 0 Å². The SMILES string of the molecule is CCOc1ccc(C(=O)Nc2c(C(=O)N3CCN(c4ncccn4)CC3)oc3ccccc23)cc1. The summed E-state index contributed by atoms with van der Waals surface area (Å²) < 4.78 is 11.4. The minimum absolute atomic E-state index is 0.120. The molecule has 1 fully saturated rings. The van der Waals surface area contributed by atoms with Crippen molar-refractivity contribution in [2.45, 2.75) is 6.92 Å². The second-order valence-electron chi connectivity index (χ2n) is 8.04. The first-order valence-corrected chi connectivity index (χ1v) is 11.5. The largest absolute Gasteiger partial charge is 0.494 e. The maximum atomic E-state index is 13.5. The number of nitrogens with zero attached hydrogens (tertiary/aromatic N) is 4. The van der Waals surface area contributed by atoms with E-state index >= 15 is 0 Å². The molecular weight excluding hydrogens is 446 g/mol. The van der Waals surface area contributed by atoms with Gasteiger partial charge in [-0.3, -0.25) is 9.59 Å². The van der Waals surface area contributed by atoms with Gasteiger partial charge in [-0.05, 0) is 49.4 Å². The number of furan rings is 1. The summed E-state index contributed by atoms with van der Waals surface area (Å²) in [5.41, 5.74) is 1.36. The molecule has 1 N–H and O–H groups in total. The van der Waals surface area contributed by atoms with Gasteiger partial charge in [0, 0.05) is 49.5 Å². The van der Waals surface area contributed by atoms with Gasteiger partial charge in [-0.1, -0.05) is 12.1 Å². The normalized spacial score (nSPS) is 13.6. The Hall–Kier alpha value is -4.40. The first-order valence-electron chi connectivity index (χ1n) is 11.5. The Kier molecular flexibility index (Phi) is 6.30. The summed E-state index contributed by atoms with van der Waals surface area (Å²) in [6, 6.07) is 15.9. The van der Waals surface area contributed by atoms with Crippen molar-refractivity contribution >= 4 is 34.4 Å². The van der Waals surface area contributed by atoms with Crippen molar-refractivity contribution in [3.05, 3.63) is 78.3 Å². The van der Waals surface area contributed by atoms with Gasteiger partial charge >= 0.3 is 0 Å². The van der Waals surface area contributed by atoms with E-state index in [0.29, 0.717) is 66.7 Å². The van der Waals surface area contributed by atoms with E-state index in [0.717, 1.165) is 0 Å². The van der Waals surface area contributed by atoms with Crippen molar-refractivity contribution in [1.82, 2.24) is 14.9 Å². The molecule has 2 aromatic carbocycles. The maximum Gasteiger partial charge on any atom is 0.291 e. The summed E-state index contributed by atoms with van der Waals surface area (Å²) in [5.74, 6) is 0.854. The van der Waals surface area contributed by atoms with Crippen LogP contribution in [-0.2, 0) is 0 Å². The fraction of sp³-hybridized carbons (Fsp3) is 0.231. The fourth-order valence-electron chi connectivity index (χ4n) is 4.08. The van der Waals surface area contributed by atoms with Crippen molar-refractivity contribution in [1.29, 1.82) is 0 Å². The van der Waals surface area contributed by atoms with Crippen LogP contribution in [-0.4, -0.2) is 59.5 Å². The Labute approximate surface area is 202 Å². The molecule has 0 aliphatic carbocycles. The molecule has 0 radical (unpaired) electrons. The highest BCUT2D eigenvalue weighted by atomic mass is 16.5. The van der Waals surface area contributed by atoms with Gasteiger partial charge in [0.15, 0.2) is 0 Å². The lowest BCUT2D eigenvalue weighted by Gasteiger charge is -2.34. The van der Waals surface area contributed by atoms with Crippen LogP contribution in [0.4, 0.5) is 11.6 Å². The molecule has 0 saturated carbocycles. The number of aromatic nitrogens is 2. The number of ether oxygens (including phenoxy) is 1. The van der Waals surface area contributed by atoms with E-state index in [2.05, 4.69) is 15.3 Å². The van der Waals surface area contributed by atoms with Crippen molar-refractivity contribution in [3.8, 4) is 5.75 Å². The number of carbonyl (C=O) groups excluding carboxylic acids is 2. The van der Waals surface area contributed by atoms with Crippen LogP contribution in [0.3, 0.4) is 0 Å². The topological polar surface area (TPSA) is 101 Å². The number of carbonyl (C=O) groups is 2. The standard InChI is InChI=1S/C26H25N5O4/c1-2-34-19-10-8-18(9-11-19)24(32)29-22-20-6-3-4-7-21(20)35-23(22)25(33)30-14-16-31(17-15-30)26-27-12-5-13-28-26/h3-13H,2,14-17H2,1H3,(H,29,32). The van der Waals surface area contributed by atoms with Gasteiger partial charge in [-0.15, -0.1) is 0 Å². The van der Waals surface area contributed by atoms with Crippen LogP contribution >= 0.6 is 0 Å². The molecule has 9 nitrogen and oxygen atoms in total. The quantitative estimate of drug-likeness (QED) is 0.456. The third-order valence-corrected chi connectivity index (χ3v) is 5.86. The number of hydrogen-bond donors (Lipinski definition) is 1. The number of anilines is 2. The number of amides is 2. The van der Waals surface area contributed by atoms with Crippen molar-refractivity contribution in [2.24, 2.45) is 0 Å². The third-order valence-electron chi connectivity index (χ3n) is 5.86. The monoisotopic (exact) mass is 471 g/mol. The number of fused-ring (bicyclic) bond motifs is 1. The van der Waals surface area contributed by atoms with Gasteiger partial charge in [-0.2, -0.15) is 0 Å². The third kappa shape index (κ3) is 4.65. The van der Waals surface area contributed by atoms with Crippen LogP contribution in [0.2, 0.25) is 0 Å². The molecule has 0 spiro atoms. The minimum atomic E-state index is -0.334. The summed E-state index contributed by atoms with van der Waals surface area (Å²) in [6.07, 6.45) is 3.40. The molecule has 178 valence electrons. The van der Waals surface area contributed by atoms with E-state index < -0.39 is 0 Å². The lowest BCUT2D eigenvalue weighted by Crippen LogP contribution is -2.49. The lowest BCUT2D eigenvalue weighted by molar-refractivity contribution is 0.0718. The molecular formula is C26H25N5O4. The molecule has 2 amide bonds.